The number of hydrogen-bond donors (Lipinski definition) is 3. The monoisotopic (exact) mass is 435 g/mol. The molecule has 0 radical (unpaired) electrons. The van der Waals surface area contributed by atoms with Crippen LogP contribution in [-0.4, -0.2) is 30.1 Å². The number of anilines is 1. The highest BCUT2D eigenvalue weighted by Gasteiger charge is 2.15. The SMILES string of the molecule is Cc1cc(F)cc(-c2ccnc3[nH]c(-c4[nH]nc5ncc(-c6cncc(N)c6)cc45)cc23)c1. The van der Waals surface area contributed by atoms with E-state index in [1.807, 2.05) is 37.3 Å². The fraction of sp³-hybridized carbons (Fsp3) is 0.0400. The fourth-order valence-corrected chi connectivity index (χ4v) is 4.18. The van der Waals surface area contributed by atoms with Gasteiger partial charge >= 0.3 is 0 Å². The number of nitrogens with one attached hydrogen (secondary N) is 2. The largest absolute Gasteiger partial charge is 0.397 e. The lowest BCUT2D eigenvalue weighted by atomic mass is 10.0. The smallest absolute Gasteiger partial charge is 0.181 e. The topological polar surface area (TPSA) is 109 Å². The minimum Gasteiger partial charge on any atom is -0.397 e. The molecule has 6 rings (SSSR count). The maximum atomic E-state index is 14.1. The third-order valence-electron chi connectivity index (χ3n) is 5.66. The molecule has 0 saturated carbocycles. The first-order valence-corrected chi connectivity index (χ1v) is 10.4. The summed E-state index contributed by atoms with van der Waals surface area (Å²) in [5, 5.41) is 9.19. The molecule has 0 fully saturated rings. The van der Waals surface area contributed by atoms with Crippen LogP contribution in [0.4, 0.5) is 10.1 Å². The second kappa shape index (κ2) is 7.23. The van der Waals surface area contributed by atoms with E-state index in [0.717, 1.165) is 50.0 Å². The van der Waals surface area contributed by atoms with Gasteiger partial charge in [-0.05, 0) is 60.0 Å². The predicted molar refractivity (Wildman–Crippen MR) is 127 cm³/mol. The molecule has 5 heterocycles. The Labute approximate surface area is 187 Å². The number of benzene rings is 1. The van der Waals surface area contributed by atoms with Crippen molar-refractivity contribution in [1.29, 1.82) is 0 Å². The molecule has 0 unspecified atom stereocenters. The molecule has 0 spiro atoms. The highest BCUT2D eigenvalue weighted by atomic mass is 19.1. The van der Waals surface area contributed by atoms with E-state index in [2.05, 4.69) is 30.1 Å². The number of nitrogens with zero attached hydrogens (tertiary/aromatic N) is 4. The summed E-state index contributed by atoms with van der Waals surface area (Å²) in [7, 11) is 0. The molecular weight excluding hydrogens is 417 g/mol. The van der Waals surface area contributed by atoms with Crippen molar-refractivity contribution in [3.05, 3.63) is 78.6 Å². The maximum Gasteiger partial charge on any atom is 0.181 e. The van der Waals surface area contributed by atoms with Gasteiger partial charge in [-0.3, -0.25) is 10.1 Å². The Balaban J connectivity index is 1.51. The van der Waals surface area contributed by atoms with E-state index in [0.29, 0.717) is 17.0 Å². The number of aromatic nitrogens is 6. The summed E-state index contributed by atoms with van der Waals surface area (Å²) >= 11 is 0. The number of halogens is 1. The average molecular weight is 435 g/mol. The van der Waals surface area contributed by atoms with Crippen LogP contribution in [-0.2, 0) is 0 Å². The number of nitrogen functional groups attached to an aromatic ring is 1. The molecule has 7 nitrogen and oxygen atoms in total. The van der Waals surface area contributed by atoms with E-state index < -0.39 is 0 Å². The van der Waals surface area contributed by atoms with Gasteiger partial charge in [0, 0.05) is 46.7 Å². The van der Waals surface area contributed by atoms with E-state index in [1.165, 1.54) is 12.1 Å². The number of nitrogens with two attached hydrogens (primary N) is 1. The van der Waals surface area contributed by atoms with Crippen molar-refractivity contribution in [2.45, 2.75) is 6.92 Å². The predicted octanol–water partition coefficient (Wildman–Crippen LogP) is 5.26. The van der Waals surface area contributed by atoms with Gasteiger partial charge in [-0.25, -0.2) is 14.4 Å². The molecule has 8 heteroatoms. The van der Waals surface area contributed by atoms with Crippen LogP contribution in [0.5, 0.6) is 0 Å². The highest BCUT2D eigenvalue weighted by Crippen LogP contribution is 2.34. The lowest BCUT2D eigenvalue weighted by Crippen LogP contribution is -1.88. The zero-order valence-corrected chi connectivity index (χ0v) is 17.6. The molecule has 0 atom stereocenters. The minimum atomic E-state index is -0.264. The Morgan fingerprint density at radius 1 is 0.879 bits per heavy atom. The summed E-state index contributed by atoms with van der Waals surface area (Å²) in [5.41, 5.74) is 13.7. The molecule has 1 aromatic carbocycles. The van der Waals surface area contributed by atoms with Crippen LogP contribution < -0.4 is 5.73 Å². The molecule has 4 N–H and O–H groups in total. The van der Waals surface area contributed by atoms with Crippen molar-refractivity contribution in [2.24, 2.45) is 0 Å². The van der Waals surface area contributed by atoms with E-state index in [4.69, 9.17) is 5.73 Å². The summed E-state index contributed by atoms with van der Waals surface area (Å²) < 4.78 is 14.1. The van der Waals surface area contributed by atoms with Gasteiger partial charge in [0.05, 0.1) is 17.1 Å². The average Bonchev–Trinajstić information content (AvgIpc) is 3.41. The molecule has 0 bridgehead atoms. The number of hydrogen-bond acceptors (Lipinski definition) is 5. The van der Waals surface area contributed by atoms with E-state index in [1.54, 1.807) is 24.8 Å². The van der Waals surface area contributed by atoms with Gasteiger partial charge in [-0.1, -0.05) is 6.07 Å². The lowest BCUT2D eigenvalue weighted by molar-refractivity contribution is 0.627. The van der Waals surface area contributed by atoms with Gasteiger partial charge in [-0.2, -0.15) is 5.10 Å². The zero-order valence-electron chi connectivity index (χ0n) is 17.6. The maximum absolute atomic E-state index is 14.1. The van der Waals surface area contributed by atoms with Crippen molar-refractivity contribution in [1.82, 2.24) is 30.1 Å². The first kappa shape index (κ1) is 19.1. The minimum absolute atomic E-state index is 0.264. The summed E-state index contributed by atoms with van der Waals surface area (Å²) in [6, 6.07) is 12.8. The van der Waals surface area contributed by atoms with Gasteiger partial charge < -0.3 is 10.7 Å². The summed E-state index contributed by atoms with van der Waals surface area (Å²) in [5.74, 6) is -0.264. The third-order valence-corrected chi connectivity index (χ3v) is 5.66. The standard InChI is InChI=1S/C25H18FN7/c1-13-4-14(6-17(26)5-13)19-2-3-29-24-20(19)9-22(31-24)23-21-8-16(11-30-25(21)33-32-23)15-7-18(27)12-28-10-15/h2-12H,27H2,1H3,(H,29,31)(H,30,32,33). The number of aromatic amines is 2. The summed E-state index contributed by atoms with van der Waals surface area (Å²) in [4.78, 5) is 16.5. The molecule has 0 aliphatic rings. The molecule has 0 aliphatic carbocycles. The molecule has 33 heavy (non-hydrogen) atoms. The second-order valence-electron chi connectivity index (χ2n) is 8.02. The normalized spacial score (nSPS) is 11.5. The summed E-state index contributed by atoms with van der Waals surface area (Å²) in [6.45, 7) is 1.88. The Morgan fingerprint density at radius 2 is 1.76 bits per heavy atom. The second-order valence-corrected chi connectivity index (χ2v) is 8.02. The van der Waals surface area contributed by atoms with Gasteiger partial charge in [-0.15, -0.1) is 0 Å². The van der Waals surface area contributed by atoms with Crippen molar-refractivity contribution >= 4 is 27.8 Å². The Kier molecular flexibility index (Phi) is 4.19. The van der Waals surface area contributed by atoms with Crippen LogP contribution >= 0.6 is 0 Å². The molecule has 160 valence electrons. The lowest BCUT2D eigenvalue weighted by Gasteiger charge is -2.05. The first-order chi connectivity index (χ1) is 16.0. The molecule has 0 amide bonds. The number of H-pyrrole nitrogens is 2. The van der Waals surface area contributed by atoms with Crippen LogP contribution in [0.15, 0.2) is 67.3 Å². The van der Waals surface area contributed by atoms with Crippen LogP contribution in [0.25, 0.3) is 55.7 Å². The number of pyridine rings is 3. The number of rotatable bonds is 3. The van der Waals surface area contributed by atoms with E-state index in [-0.39, 0.29) is 5.82 Å². The van der Waals surface area contributed by atoms with Crippen molar-refractivity contribution in [3.8, 4) is 33.6 Å². The molecule has 6 aromatic rings. The van der Waals surface area contributed by atoms with Gasteiger partial charge in [0.15, 0.2) is 5.65 Å². The van der Waals surface area contributed by atoms with Crippen LogP contribution in [0.3, 0.4) is 0 Å². The van der Waals surface area contributed by atoms with E-state index in [9.17, 15) is 4.39 Å². The number of fused-ring (bicyclic) bond motifs is 2. The number of aryl methyl sites for hydroxylation is 1. The van der Waals surface area contributed by atoms with Crippen molar-refractivity contribution < 1.29 is 4.39 Å². The Bertz CT molecular complexity index is 1640. The molecular formula is C25H18FN7. The van der Waals surface area contributed by atoms with E-state index >= 15 is 0 Å². The third kappa shape index (κ3) is 3.28. The molecule has 0 aliphatic heterocycles. The Hall–Kier alpha value is -4.59. The summed E-state index contributed by atoms with van der Waals surface area (Å²) in [6.07, 6.45) is 6.82. The van der Waals surface area contributed by atoms with Gasteiger partial charge in [0.1, 0.15) is 11.5 Å². The Morgan fingerprint density at radius 3 is 2.61 bits per heavy atom. The fourth-order valence-electron chi connectivity index (χ4n) is 4.18. The molecule has 0 saturated heterocycles. The van der Waals surface area contributed by atoms with Crippen molar-refractivity contribution in [3.63, 3.8) is 0 Å². The zero-order chi connectivity index (χ0) is 22.5. The quantitative estimate of drug-likeness (QED) is 0.351. The molecule has 5 aromatic heterocycles. The van der Waals surface area contributed by atoms with Crippen LogP contribution in [0, 0.1) is 12.7 Å². The highest BCUT2D eigenvalue weighted by molar-refractivity contribution is 5.99. The van der Waals surface area contributed by atoms with Gasteiger partial charge in [0.25, 0.3) is 0 Å². The van der Waals surface area contributed by atoms with Gasteiger partial charge in [0.2, 0.25) is 0 Å². The van der Waals surface area contributed by atoms with Crippen LogP contribution in [0.1, 0.15) is 5.56 Å². The van der Waals surface area contributed by atoms with Crippen LogP contribution in [0.2, 0.25) is 0 Å². The van der Waals surface area contributed by atoms with Crippen molar-refractivity contribution in [2.75, 3.05) is 5.73 Å². The first-order valence-electron chi connectivity index (χ1n) is 10.4.